The van der Waals surface area contributed by atoms with E-state index in [9.17, 15) is 4.79 Å². The van der Waals surface area contributed by atoms with Gasteiger partial charge in [-0.1, -0.05) is 121 Å². The molecule has 0 aliphatic rings. The average molecular weight is 413 g/mol. The van der Waals surface area contributed by atoms with E-state index in [0.717, 1.165) is 12.3 Å². The molecule has 2 rings (SSSR count). The molecule has 30 heavy (non-hydrogen) atoms. The molecule has 0 fully saturated rings. The Morgan fingerprint density at radius 1 is 0.767 bits per heavy atom. The van der Waals surface area contributed by atoms with Gasteiger partial charge in [-0.05, 0) is 29.9 Å². The maximum atomic E-state index is 10.2. The molecule has 0 amide bonds. The number of carbonyl (C=O) groups excluding carboxylic acids is 1. The van der Waals surface area contributed by atoms with Gasteiger partial charge in [-0.25, -0.2) is 0 Å². The highest BCUT2D eigenvalue weighted by Gasteiger charge is 2.18. The fraction of sp³-hybridized carbons (Fsp3) is 0.536. The minimum absolute atomic E-state index is 0.123. The fourth-order valence-corrected chi connectivity index (χ4v) is 3.67. The van der Waals surface area contributed by atoms with Crippen molar-refractivity contribution in [3.8, 4) is 0 Å². The number of esters is 1. The molecule has 0 saturated carbocycles. The van der Waals surface area contributed by atoms with Gasteiger partial charge >= 0.3 is 5.97 Å². The maximum absolute atomic E-state index is 10.2. The van der Waals surface area contributed by atoms with Gasteiger partial charge < -0.3 is 4.74 Å². The van der Waals surface area contributed by atoms with E-state index in [2.05, 4.69) is 79.2 Å². The standard InChI is InChI=1S/C21H28.C5H10O2.C2H6/c1-3-11-18(12-4-2)17-21(19-13-7-5-8-14-19)20-15-9-6-10-16-20;1-3-4-5(6)7-2;1-2/h5-10,13-16,18,21H,3-4,11-12,17H2,1-2H3;3-4H2,1-2H3;1-2H3. The van der Waals surface area contributed by atoms with E-state index in [1.807, 2.05) is 20.8 Å². The van der Waals surface area contributed by atoms with E-state index in [1.165, 1.54) is 50.3 Å². The predicted molar refractivity (Wildman–Crippen MR) is 131 cm³/mol. The Hall–Kier alpha value is -2.09. The highest BCUT2D eigenvalue weighted by Crippen LogP contribution is 2.34. The average Bonchev–Trinajstić information content (AvgIpc) is 2.80. The van der Waals surface area contributed by atoms with Gasteiger partial charge in [0.05, 0.1) is 7.11 Å². The number of rotatable bonds is 10. The third-order valence-corrected chi connectivity index (χ3v) is 5.05. The molecule has 0 spiro atoms. The smallest absolute Gasteiger partial charge is 0.305 e. The molecule has 0 aliphatic carbocycles. The van der Waals surface area contributed by atoms with Crippen LogP contribution in [0.5, 0.6) is 0 Å². The van der Waals surface area contributed by atoms with Crippen LogP contribution < -0.4 is 0 Å². The topological polar surface area (TPSA) is 26.3 Å². The van der Waals surface area contributed by atoms with Crippen LogP contribution in [-0.2, 0) is 9.53 Å². The summed E-state index contributed by atoms with van der Waals surface area (Å²) in [6, 6.07) is 22.0. The van der Waals surface area contributed by atoms with Crippen molar-refractivity contribution in [3.63, 3.8) is 0 Å². The maximum Gasteiger partial charge on any atom is 0.305 e. The van der Waals surface area contributed by atoms with Gasteiger partial charge in [-0.2, -0.15) is 0 Å². The molecule has 0 radical (unpaired) electrons. The lowest BCUT2D eigenvalue weighted by Gasteiger charge is -2.24. The molecule has 0 N–H and O–H groups in total. The van der Waals surface area contributed by atoms with Crippen molar-refractivity contribution in [2.75, 3.05) is 7.11 Å². The molecule has 0 aliphatic heterocycles. The lowest BCUT2D eigenvalue weighted by molar-refractivity contribution is -0.140. The van der Waals surface area contributed by atoms with Gasteiger partial charge in [0, 0.05) is 12.3 Å². The summed E-state index contributed by atoms with van der Waals surface area (Å²) < 4.78 is 4.35. The number of hydrogen-bond acceptors (Lipinski definition) is 2. The van der Waals surface area contributed by atoms with Gasteiger partial charge in [0.2, 0.25) is 0 Å². The second-order valence-electron chi connectivity index (χ2n) is 7.38. The first kappa shape index (κ1) is 27.9. The van der Waals surface area contributed by atoms with Crippen LogP contribution in [0.1, 0.15) is 96.6 Å². The van der Waals surface area contributed by atoms with Gasteiger partial charge in [0.1, 0.15) is 0 Å². The zero-order valence-electron chi connectivity index (χ0n) is 20.2. The van der Waals surface area contributed by atoms with E-state index in [-0.39, 0.29) is 5.97 Å². The molecular formula is C28H44O2. The number of ether oxygens (including phenoxy) is 1. The lowest BCUT2D eigenvalue weighted by atomic mass is 9.81. The molecule has 2 nitrogen and oxygen atoms in total. The lowest BCUT2D eigenvalue weighted by Crippen LogP contribution is -2.09. The molecule has 0 atom stereocenters. The van der Waals surface area contributed by atoms with Crippen molar-refractivity contribution in [1.29, 1.82) is 0 Å². The number of benzene rings is 2. The molecule has 0 unspecified atom stereocenters. The quantitative estimate of drug-likeness (QED) is 0.366. The van der Waals surface area contributed by atoms with E-state index in [4.69, 9.17) is 0 Å². The second kappa shape index (κ2) is 18.9. The van der Waals surface area contributed by atoms with Gasteiger partial charge in [0.25, 0.3) is 0 Å². The van der Waals surface area contributed by atoms with Crippen molar-refractivity contribution < 1.29 is 9.53 Å². The minimum atomic E-state index is -0.123. The van der Waals surface area contributed by atoms with E-state index >= 15 is 0 Å². The number of hydrogen-bond donors (Lipinski definition) is 0. The minimum Gasteiger partial charge on any atom is -0.469 e. The first-order valence-corrected chi connectivity index (χ1v) is 11.8. The fourth-order valence-electron chi connectivity index (χ4n) is 3.67. The Morgan fingerprint density at radius 3 is 1.50 bits per heavy atom. The summed E-state index contributed by atoms with van der Waals surface area (Å²) in [4.78, 5) is 10.2. The zero-order chi connectivity index (χ0) is 22.6. The highest BCUT2D eigenvalue weighted by atomic mass is 16.5. The summed E-state index contributed by atoms with van der Waals surface area (Å²) in [5.41, 5.74) is 2.92. The van der Waals surface area contributed by atoms with Crippen LogP contribution in [0, 0.1) is 5.92 Å². The largest absolute Gasteiger partial charge is 0.469 e. The SMILES string of the molecule is CC.CCCC(=O)OC.CCCC(CCC)CC(c1ccccc1)c1ccccc1. The van der Waals surface area contributed by atoms with Crippen molar-refractivity contribution in [1.82, 2.24) is 0 Å². The number of carbonyl (C=O) groups is 1. The molecule has 0 bridgehead atoms. The van der Waals surface area contributed by atoms with Crippen LogP contribution in [0.3, 0.4) is 0 Å². The summed E-state index contributed by atoms with van der Waals surface area (Å²) in [7, 11) is 1.40. The Kier molecular flexibility index (Phi) is 17.6. The first-order valence-electron chi connectivity index (χ1n) is 11.8. The molecule has 0 saturated heterocycles. The van der Waals surface area contributed by atoms with Gasteiger partial charge in [0.15, 0.2) is 0 Å². The van der Waals surface area contributed by atoms with Gasteiger partial charge in [-0.15, -0.1) is 0 Å². The monoisotopic (exact) mass is 412 g/mol. The zero-order valence-corrected chi connectivity index (χ0v) is 20.2. The van der Waals surface area contributed by atoms with Crippen LogP contribution in [0.15, 0.2) is 60.7 Å². The third kappa shape index (κ3) is 11.8. The summed E-state index contributed by atoms with van der Waals surface area (Å²) in [6.45, 7) is 10.6. The van der Waals surface area contributed by atoms with Crippen LogP contribution in [0.25, 0.3) is 0 Å². The van der Waals surface area contributed by atoms with Crippen molar-refractivity contribution in [2.24, 2.45) is 5.92 Å². The normalized spacial score (nSPS) is 10.0. The van der Waals surface area contributed by atoms with E-state index in [1.54, 1.807) is 0 Å². The van der Waals surface area contributed by atoms with Crippen molar-refractivity contribution in [3.05, 3.63) is 71.8 Å². The van der Waals surface area contributed by atoms with Crippen LogP contribution in [0.4, 0.5) is 0 Å². The second-order valence-corrected chi connectivity index (χ2v) is 7.38. The van der Waals surface area contributed by atoms with Gasteiger partial charge in [-0.3, -0.25) is 4.79 Å². The van der Waals surface area contributed by atoms with E-state index in [0.29, 0.717) is 12.3 Å². The molecule has 2 heteroatoms. The highest BCUT2D eigenvalue weighted by molar-refractivity contribution is 5.68. The third-order valence-electron chi connectivity index (χ3n) is 5.05. The molecule has 2 aromatic carbocycles. The summed E-state index contributed by atoms with van der Waals surface area (Å²) in [5.74, 6) is 1.25. The van der Waals surface area contributed by atoms with E-state index < -0.39 is 0 Å². The molecular weight excluding hydrogens is 368 g/mol. The summed E-state index contributed by atoms with van der Waals surface area (Å²) in [5, 5.41) is 0. The predicted octanol–water partition coefficient (Wildman–Crippen LogP) is 8.41. The van der Waals surface area contributed by atoms with Crippen LogP contribution >= 0.6 is 0 Å². The first-order chi connectivity index (χ1) is 14.7. The van der Waals surface area contributed by atoms with Crippen LogP contribution in [0.2, 0.25) is 0 Å². The molecule has 0 heterocycles. The molecule has 0 aromatic heterocycles. The molecule has 2 aromatic rings. The Balaban J connectivity index is 0.000000795. The van der Waals surface area contributed by atoms with Crippen LogP contribution in [-0.4, -0.2) is 13.1 Å². The Labute approximate surface area is 186 Å². The Bertz CT molecular complexity index is 576. The molecule has 168 valence electrons. The summed E-state index contributed by atoms with van der Waals surface area (Å²) >= 11 is 0. The number of methoxy groups -OCH3 is 1. The Morgan fingerprint density at radius 2 is 1.20 bits per heavy atom. The summed E-state index contributed by atoms with van der Waals surface area (Å²) in [6.07, 6.45) is 7.97. The van der Waals surface area contributed by atoms with Crippen molar-refractivity contribution in [2.45, 2.75) is 85.5 Å². The van der Waals surface area contributed by atoms with Crippen molar-refractivity contribution >= 4 is 5.97 Å².